The minimum Gasteiger partial charge on any atom is -0.379 e. The average molecular weight is 467 g/mol. The Morgan fingerprint density at radius 3 is 2.44 bits per heavy atom. The van der Waals surface area contributed by atoms with E-state index in [4.69, 9.17) is 9.73 Å². The second kappa shape index (κ2) is 13.1. The van der Waals surface area contributed by atoms with Gasteiger partial charge in [0.25, 0.3) is 0 Å². The fourth-order valence-electron chi connectivity index (χ4n) is 3.38. The third kappa shape index (κ3) is 8.88. The Kier molecular flexibility index (Phi) is 12.0. The van der Waals surface area contributed by atoms with Gasteiger partial charge in [0.1, 0.15) is 0 Å². The molecule has 2 rings (SSSR count). The molecule has 2 heterocycles. The van der Waals surface area contributed by atoms with E-state index in [-0.39, 0.29) is 24.0 Å². The minimum absolute atomic E-state index is 0. The molecule has 0 spiro atoms. The second-order valence-corrected chi connectivity index (χ2v) is 7.12. The lowest BCUT2D eigenvalue weighted by molar-refractivity contribution is 0.0377. The molecule has 0 amide bonds. The molecule has 2 saturated heterocycles. The molecule has 0 aromatic rings. The van der Waals surface area contributed by atoms with Crippen LogP contribution in [0.2, 0.25) is 0 Å². The van der Waals surface area contributed by atoms with Crippen molar-refractivity contribution in [1.29, 1.82) is 0 Å². The summed E-state index contributed by atoms with van der Waals surface area (Å²) in [6.07, 6.45) is 3.52. The number of likely N-dealkylation sites (tertiary alicyclic amines) is 1. The van der Waals surface area contributed by atoms with E-state index >= 15 is 0 Å². The zero-order valence-electron chi connectivity index (χ0n) is 16.3. The van der Waals surface area contributed by atoms with E-state index in [2.05, 4.69) is 41.2 Å². The fourth-order valence-corrected chi connectivity index (χ4v) is 3.38. The largest absolute Gasteiger partial charge is 0.379 e. The van der Waals surface area contributed by atoms with Crippen LogP contribution in [0.4, 0.5) is 0 Å². The van der Waals surface area contributed by atoms with Gasteiger partial charge in [-0.1, -0.05) is 0 Å². The Morgan fingerprint density at radius 2 is 1.84 bits per heavy atom. The lowest BCUT2D eigenvalue weighted by atomic mass is 10.0. The predicted octanol–water partition coefficient (Wildman–Crippen LogP) is 1.75. The normalized spacial score (nSPS) is 21.2. The molecule has 0 saturated carbocycles. The number of aliphatic imine (C=N–C) groups is 1. The molecule has 0 aromatic heterocycles. The summed E-state index contributed by atoms with van der Waals surface area (Å²) in [6, 6.07) is 1.21. The van der Waals surface area contributed by atoms with Crippen LogP contribution in [-0.2, 0) is 4.74 Å². The van der Waals surface area contributed by atoms with Crippen molar-refractivity contribution >= 4 is 29.9 Å². The molecule has 148 valence electrons. The maximum atomic E-state index is 5.39. The van der Waals surface area contributed by atoms with E-state index < -0.39 is 0 Å². The number of rotatable bonds is 7. The molecule has 2 fully saturated rings. The predicted molar refractivity (Wildman–Crippen MR) is 116 cm³/mol. The molecule has 0 aromatic carbocycles. The summed E-state index contributed by atoms with van der Waals surface area (Å²) in [5.74, 6) is 0.988. The van der Waals surface area contributed by atoms with Crippen molar-refractivity contribution < 1.29 is 4.74 Å². The van der Waals surface area contributed by atoms with Crippen LogP contribution < -0.4 is 10.6 Å². The zero-order valence-corrected chi connectivity index (χ0v) is 18.6. The van der Waals surface area contributed by atoms with Crippen LogP contribution in [0.15, 0.2) is 4.99 Å². The quantitative estimate of drug-likeness (QED) is 0.259. The third-order valence-corrected chi connectivity index (χ3v) is 4.95. The standard InChI is InChI=1S/C18H37N5O.HI/c1-4-19-18(20-8-5-9-22-12-14-24-15-13-22)21-17-6-10-23(11-7-17)16(2)3;/h16-17H,4-15H2,1-3H3,(H2,19,20,21);1H. The summed E-state index contributed by atoms with van der Waals surface area (Å²) in [5, 5.41) is 7.03. The monoisotopic (exact) mass is 467 g/mol. The van der Waals surface area contributed by atoms with Gasteiger partial charge >= 0.3 is 0 Å². The second-order valence-electron chi connectivity index (χ2n) is 7.12. The molecule has 0 unspecified atom stereocenters. The van der Waals surface area contributed by atoms with Gasteiger partial charge in [0.2, 0.25) is 0 Å². The summed E-state index contributed by atoms with van der Waals surface area (Å²) in [4.78, 5) is 9.80. The maximum Gasteiger partial charge on any atom is 0.191 e. The number of ether oxygens (including phenoxy) is 1. The van der Waals surface area contributed by atoms with E-state index in [1.165, 1.54) is 25.9 Å². The average Bonchev–Trinajstić information content (AvgIpc) is 2.60. The molecule has 2 aliphatic heterocycles. The Balaban J connectivity index is 0.00000312. The summed E-state index contributed by atoms with van der Waals surface area (Å²) in [6.45, 7) is 15.9. The summed E-state index contributed by atoms with van der Waals surface area (Å²) < 4.78 is 5.39. The molecule has 0 aliphatic carbocycles. The van der Waals surface area contributed by atoms with Gasteiger partial charge in [-0.2, -0.15) is 0 Å². The number of guanidine groups is 1. The molecule has 2 N–H and O–H groups in total. The first-order valence-corrected chi connectivity index (χ1v) is 9.78. The van der Waals surface area contributed by atoms with Crippen molar-refractivity contribution in [2.75, 3.05) is 59.0 Å². The Labute approximate surface area is 171 Å². The summed E-state index contributed by atoms with van der Waals surface area (Å²) >= 11 is 0. The number of nitrogens with zero attached hydrogens (tertiary/aromatic N) is 3. The zero-order chi connectivity index (χ0) is 17.2. The van der Waals surface area contributed by atoms with Gasteiger partial charge < -0.3 is 20.3 Å². The van der Waals surface area contributed by atoms with Crippen molar-refractivity contribution in [2.24, 2.45) is 4.99 Å². The lowest BCUT2D eigenvalue weighted by Crippen LogP contribution is -2.49. The SMILES string of the molecule is CCNC(=NCCCN1CCOCC1)NC1CCN(C(C)C)CC1.I. The number of nitrogens with one attached hydrogen (secondary N) is 2. The Hall–Kier alpha value is -0.120. The van der Waals surface area contributed by atoms with Crippen molar-refractivity contribution in [3.63, 3.8) is 0 Å². The van der Waals surface area contributed by atoms with Crippen molar-refractivity contribution in [3.8, 4) is 0 Å². The van der Waals surface area contributed by atoms with E-state index in [1.54, 1.807) is 0 Å². The van der Waals surface area contributed by atoms with Gasteiger partial charge in [0, 0.05) is 57.9 Å². The molecular weight excluding hydrogens is 429 g/mol. The van der Waals surface area contributed by atoms with Gasteiger partial charge in [-0.3, -0.25) is 9.89 Å². The van der Waals surface area contributed by atoms with E-state index in [1.807, 2.05) is 0 Å². The van der Waals surface area contributed by atoms with Gasteiger partial charge in [-0.15, -0.1) is 24.0 Å². The van der Waals surface area contributed by atoms with E-state index in [0.717, 1.165) is 58.3 Å². The number of halogens is 1. The van der Waals surface area contributed by atoms with Crippen LogP contribution in [0.5, 0.6) is 0 Å². The van der Waals surface area contributed by atoms with Crippen LogP contribution in [0.3, 0.4) is 0 Å². The molecule has 0 bridgehead atoms. The molecular formula is C18H38IN5O. The number of morpholine rings is 1. The first-order chi connectivity index (χ1) is 11.7. The third-order valence-electron chi connectivity index (χ3n) is 4.95. The highest BCUT2D eigenvalue weighted by Gasteiger charge is 2.21. The van der Waals surface area contributed by atoms with Crippen molar-refractivity contribution in [3.05, 3.63) is 0 Å². The molecule has 7 heteroatoms. The van der Waals surface area contributed by atoms with Gasteiger partial charge in [0.15, 0.2) is 5.96 Å². The van der Waals surface area contributed by atoms with Gasteiger partial charge in [-0.25, -0.2) is 0 Å². The maximum absolute atomic E-state index is 5.39. The van der Waals surface area contributed by atoms with Crippen molar-refractivity contribution in [2.45, 2.75) is 52.1 Å². The van der Waals surface area contributed by atoms with Gasteiger partial charge in [-0.05, 0) is 40.0 Å². The minimum atomic E-state index is 0. The first-order valence-electron chi connectivity index (χ1n) is 9.78. The highest BCUT2D eigenvalue weighted by molar-refractivity contribution is 14.0. The van der Waals surface area contributed by atoms with E-state index in [0.29, 0.717) is 12.1 Å². The molecule has 0 radical (unpaired) electrons. The van der Waals surface area contributed by atoms with E-state index in [9.17, 15) is 0 Å². The van der Waals surface area contributed by atoms with Crippen molar-refractivity contribution in [1.82, 2.24) is 20.4 Å². The molecule has 2 aliphatic rings. The number of piperidine rings is 1. The van der Waals surface area contributed by atoms with Crippen LogP contribution in [0.1, 0.15) is 40.0 Å². The Morgan fingerprint density at radius 1 is 1.16 bits per heavy atom. The van der Waals surface area contributed by atoms with Gasteiger partial charge in [0.05, 0.1) is 13.2 Å². The lowest BCUT2D eigenvalue weighted by Gasteiger charge is -2.35. The van der Waals surface area contributed by atoms with Crippen LogP contribution in [0, 0.1) is 0 Å². The van der Waals surface area contributed by atoms with Crippen LogP contribution >= 0.6 is 24.0 Å². The highest BCUT2D eigenvalue weighted by atomic mass is 127. The molecule has 0 atom stereocenters. The molecule has 6 nitrogen and oxygen atoms in total. The van der Waals surface area contributed by atoms with Crippen LogP contribution in [-0.4, -0.2) is 86.9 Å². The summed E-state index contributed by atoms with van der Waals surface area (Å²) in [5.41, 5.74) is 0. The number of hydrogen-bond donors (Lipinski definition) is 2. The number of hydrogen-bond acceptors (Lipinski definition) is 4. The van der Waals surface area contributed by atoms with Crippen LogP contribution in [0.25, 0.3) is 0 Å². The smallest absolute Gasteiger partial charge is 0.191 e. The molecule has 25 heavy (non-hydrogen) atoms. The first kappa shape index (κ1) is 22.9. The Bertz CT molecular complexity index is 366. The summed E-state index contributed by atoms with van der Waals surface area (Å²) in [7, 11) is 0. The highest BCUT2D eigenvalue weighted by Crippen LogP contribution is 2.12. The topological polar surface area (TPSA) is 52.1 Å². The fraction of sp³-hybridized carbons (Fsp3) is 0.944.